The van der Waals surface area contributed by atoms with Crippen molar-refractivity contribution in [3.05, 3.63) is 46.1 Å². The molecule has 3 N–H and O–H groups in total. The van der Waals surface area contributed by atoms with Gasteiger partial charge in [0.1, 0.15) is 21.4 Å². The van der Waals surface area contributed by atoms with Gasteiger partial charge in [0, 0.05) is 34.3 Å². The molecular weight excluding hydrogens is 464 g/mol. The smallest absolute Gasteiger partial charge is 0.342 e. The van der Waals surface area contributed by atoms with Gasteiger partial charge in [0.25, 0.3) is 5.91 Å². The van der Waals surface area contributed by atoms with Crippen LogP contribution in [0, 0.1) is 0 Å². The van der Waals surface area contributed by atoms with Crippen LogP contribution in [0.4, 0.5) is 17.5 Å². The maximum Gasteiger partial charge on any atom is 0.342 e. The molecule has 5 rings (SSSR count). The van der Waals surface area contributed by atoms with E-state index < -0.39 is 5.97 Å². The van der Waals surface area contributed by atoms with Gasteiger partial charge in [0.15, 0.2) is 0 Å². The Balaban J connectivity index is 1.49. The van der Waals surface area contributed by atoms with Crippen molar-refractivity contribution < 1.29 is 14.3 Å². The number of nitrogens with one attached hydrogen (secondary N) is 3. The second kappa shape index (κ2) is 8.45. The number of ether oxygens (including phenoxy) is 1. The van der Waals surface area contributed by atoms with Gasteiger partial charge in [-0.25, -0.2) is 14.8 Å². The molecular formula is C22H19ClN6O3S. The fraction of sp³-hybridized carbons (Fsp3) is 0.227. The minimum atomic E-state index is -0.575. The summed E-state index contributed by atoms with van der Waals surface area (Å²) in [4.78, 5) is 38.1. The molecule has 0 saturated carbocycles. The number of amides is 1. The normalized spacial score (nSPS) is 15.5. The molecule has 33 heavy (non-hydrogen) atoms. The molecule has 9 nitrogen and oxygen atoms in total. The quantitative estimate of drug-likeness (QED) is 0.290. The van der Waals surface area contributed by atoms with Gasteiger partial charge in [-0.1, -0.05) is 11.6 Å². The Morgan fingerprint density at radius 3 is 2.94 bits per heavy atom. The van der Waals surface area contributed by atoms with E-state index in [1.165, 1.54) is 17.5 Å². The van der Waals surface area contributed by atoms with Crippen molar-refractivity contribution in [1.29, 1.82) is 0 Å². The van der Waals surface area contributed by atoms with Crippen LogP contribution in [-0.4, -0.2) is 46.0 Å². The zero-order valence-corrected chi connectivity index (χ0v) is 19.3. The van der Waals surface area contributed by atoms with Gasteiger partial charge in [-0.05, 0) is 38.1 Å². The summed E-state index contributed by atoms with van der Waals surface area (Å²) >= 11 is 7.59. The third kappa shape index (κ3) is 3.91. The molecule has 0 aliphatic carbocycles. The summed E-state index contributed by atoms with van der Waals surface area (Å²) in [6, 6.07) is 7.67. The van der Waals surface area contributed by atoms with Crippen LogP contribution in [0.15, 0.2) is 30.5 Å². The largest absolute Gasteiger partial charge is 0.462 e. The lowest BCUT2D eigenvalue weighted by molar-refractivity contribution is 0.0525. The number of rotatable bonds is 4. The number of carbonyl (C=O) groups is 2. The van der Waals surface area contributed by atoms with Crippen LogP contribution in [-0.2, 0) is 4.74 Å². The highest BCUT2D eigenvalue weighted by atomic mass is 35.5. The average molecular weight is 483 g/mol. The van der Waals surface area contributed by atoms with Crippen LogP contribution in [0.5, 0.6) is 0 Å². The van der Waals surface area contributed by atoms with Gasteiger partial charge in [-0.3, -0.25) is 4.79 Å². The topological polar surface area (TPSA) is 118 Å². The summed E-state index contributed by atoms with van der Waals surface area (Å²) in [6.45, 7) is 4.55. The predicted molar refractivity (Wildman–Crippen MR) is 129 cm³/mol. The van der Waals surface area contributed by atoms with Gasteiger partial charge >= 0.3 is 5.97 Å². The molecule has 1 aliphatic heterocycles. The molecule has 168 valence electrons. The summed E-state index contributed by atoms with van der Waals surface area (Å²) in [5.74, 6) is 0.0806. The highest BCUT2D eigenvalue weighted by molar-refractivity contribution is 7.21. The number of esters is 1. The number of hydrogen-bond donors (Lipinski definition) is 3. The van der Waals surface area contributed by atoms with Crippen molar-refractivity contribution in [2.24, 2.45) is 0 Å². The van der Waals surface area contributed by atoms with Gasteiger partial charge in [0.05, 0.1) is 17.8 Å². The molecule has 1 amide bonds. The molecule has 1 aliphatic rings. The van der Waals surface area contributed by atoms with Crippen LogP contribution < -0.4 is 16.0 Å². The highest BCUT2D eigenvalue weighted by Crippen LogP contribution is 2.41. The molecule has 4 heterocycles. The monoisotopic (exact) mass is 482 g/mol. The molecule has 0 spiro atoms. The van der Waals surface area contributed by atoms with Crippen LogP contribution in [0.3, 0.4) is 0 Å². The van der Waals surface area contributed by atoms with Gasteiger partial charge in [-0.2, -0.15) is 4.98 Å². The number of thiophene rings is 1. The Morgan fingerprint density at radius 1 is 1.30 bits per heavy atom. The minimum absolute atomic E-state index is 0.00649. The average Bonchev–Trinajstić information content (AvgIpc) is 3.10. The van der Waals surface area contributed by atoms with E-state index in [9.17, 15) is 9.59 Å². The lowest BCUT2D eigenvalue weighted by Gasteiger charge is -2.10. The second-order valence-electron chi connectivity index (χ2n) is 7.51. The van der Waals surface area contributed by atoms with E-state index in [0.29, 0.717) is 17.2 Å². The molecule has 0 radical (unpaired) electrons. The molecule has 3 aromatic heterocycles. The van der Waals surface area contributed by atoms with Crippen LogP contribution in [0.2, 0.25) is 5.15 Å². The number of nitrogens with zero attached hydrogens (tertiary/aromatic N) is 3. The highest BCUT2D eigenvalue weighted by Gasteiger charge is 2.24. The first-order valence-corrected chi connectivity index (χ1v) is 11.5. The Kier molecular flexibility index (Phi) is 5.47. The van der Waals surface area contributed by atoms with E-state index in [0.717, 1.165) is 26.7 Å². The van der Waals surface area contributed by atoms with E-state index in [4.69, 9.17) is 16.3 Å². The molecule has 0 fully saturated rings. The van der Waals surface area contributed by atoms with Gasteiger partial charge in [-0.15, -0.1) is 11.3 Å². The Labute approximate surface area is 197 Å². The molecule has 1 aromatic carbocycles. The predicted octanol–water partition coefficient (Wildman–Crippen LogP) is 4.36. The summed E-state index contributed by atoms with van der Waals surface area (Å²) in [5.41, 5.74) is 1.69. The fourth-order valence-corrected chi connectivity index (χ4v) is 4.98. The number of fused-ring (bicyclic) bond motifs is 5. The van der Waals surface area contributed by atoms with E-state index in [1.807, 2.05) is 31.2 Å². The zero-order chi connectivity index (χ0) is 23.1. The maximum atomic E-state index is 12.6. The third-order valence-corrected chi connectivity index (χ3v) is 6.61. The zero-order valence-electron chi connectivity index (χ0n) is 17.7. The van der Waals surface area contributed by atoms with Gasteiger partial charge < -0.3 is 20.7 Å². The fourth-order valence-electron chi connectivity index (χ4n) is 3.68. The Morgan fingerprint density at radius 2 is 2.15 bits per heavy atom. The number of pyridine rings is 1. The Bertz CT molecular complexity index is 1420. The number of halogens is 1. The van der Waals surface area contributed by atoms with Crippen molar-refractivity contribution in [2.75, 3.05) is 23.8 Å². The SMILES string of the molecule is CCOC(=O)c1cnc(Nc2ccc3c(ccc4sc5c(c43)NC[C@@H](C)NC5=O)n2)nc1Cl. The van der Waals surface area contributed by atoms with Crippen molar-refractivity contribution >= 4 is 73.3 Å². The van der Waals surface area contributed by atoms with Gasteiger partial charge in [0.2, 0.25) is 5.95 Å². The number of hydrogen-bond acceptors (Lipinski definition) is 9. The molecule has 4 aromatic rings. The second-order valence-corrected chi connectivity index (χ2v) is 8.92. The lowest BCUT2D eigenvalue weighted by Crippen LogP contribution is -2.34. The third-order valence-electron chi connectivity index (χ3n) is 5.17. The van der Waals surface area contributed by atoms with E-state index >= 15 is 0 Å². The molecule has 1 atom stereocenters. The maximum absolute atomic E-state index is 12.6. The van der Waals surface area contributed by atoms with Crippen molar-refractivity contribution in [3.8, 4) is 0 Å². The van der Waals surface area contributed by atoms with Crippen molar-refractivity contribution in [2.45, 2.75) is 19.9 Å². The first-order chi connectivity index (χ1) is 15.9. The molecule has 0 saturated heterocycles. The standard InChI is InChI=1S/C22H19ClN6O3S/c1-3-32-21(31)12-9-25-22(29-19(12)23)28-15-7-4-11-13(27-15)5-6-14-16(11)17-18(33-14)20(30)26-10(2)8-24-17/h4-7,9-10,24H,3,8H2,1-2H3,(H,26,30)(H,25,27,28,29)/t10-/m1/s1. The van der Waals surface area contributed by atoms with E-state index in [1.54, 1.807) is 6.92 Å². The number of benzene rings is 1. The first-order valence-electron chi connectivity index (χ1n) is 10.3. The van der Waals surface area contributed by atoms with Crippen molar-refractivity contribution in [1.82, 2.24) is 20.3 Å². The van der Waals surface area contributed by atoms with Crippen molar-refractivity contribution in [3.63, 3.8) is 0 Å². The summed E-state index contributed by atoms with van der Waals surface area (Å²) < 4.78 is 5.95. The molecule has 11 heteroatoms. The van der Waals surface area contributed by atoms with Crippen LogP contribution in [0.25, 0.3) is 21.0 Å². The minimum Gasteiger partial charge on any atom is -0.462 e. The first kappa shape index (κ1) is 21.4. The Hall–Kier alpha value is -3.50. The summed E-state index contributed by atoms with van der Waals surface area (Å²) in [7, 11) is 0. The number of anilines is 3. The number of carbonyl (C=O) groups excluding carboxylic acids is 2. The molecule has 0 unspecified atom stereocenters. The number of aromatic nitrogens is 3. The lowest BCUT2D eigenvalue weighted by atomic mass is 10.1. The summed E-state index contributed by atoms with van der Waals surface area (Å²) in [6.07, 6.45) is 1.32. The molecule has 0 bridgehead atoms. The van der Waals surface area contributed by atoms with Crippen LogP contribution in [0.1, 0.15) is 33.9 Å². The summed E-state index contributed by atoms with van der Waals surface area (Å²) in [5, 5.41) is 11.3. The van der Waals surface area contributed by atoms with Crippen LogP contribution >= 0.6 is 22.9 Å². The van der Waals surface area contributed by atoms with E-state index in [-0.39, 0.29) is 35.2 Å². The van der Waals surface area contributed by atoms with E-state index in [2.05, 4.69) is 30.9 Å².